The summed E-state index contributed by atoms with van der Waals surface area (Å²) in [7, 11) is 3.03. The van der Waals surface area contributed by atoms with Gasteiger partial charge < -0.3 is 25.0 Å². The molecule has 4 rings (SSSR count). The monoisotopic (exact) mass is 419 g/mol. The van der Waals surface area contributed by atoms with Crippen molar-refractivity contribution in [2.75, 3.05) is 29.7 Å². The fourth-order valence-corrected chi connectivity index (χ4v) is 3.57. The molecule has 0 bridgehead atoms. The van der Waals surface area contributed by atoms with E-state index in [2.05, 4.69) is 25.3 Å². The summed E-state index contributed by atoms with van der Waals surface area (Å²) in [5, 5.41) is 6.11. The van der Waals surface area contributed by atoms with Crippen LogP contribution >= 0.6 is 0 Å². The molecular formula is C20H23F2N5O3. The Morgan fingerprint density at radius 2 is 1.90 bits per heavy atom. The van der Waals surface area contributed by atoms with Crippen LogP contribution in [0.2, 0.25) is 0 Å². The number of fused-ring (bicyclic) bond motifs is 1. The van der Waals surface area contributed by atoms with Crippen LogP contribution in [-0.4, -0.2) is 48.2 Å². The van der Waals surface area contributed by atoms with Crippen LogP contribution in [0.25, 0.3) is 0 Å². The average molecular weight is 419 g/mol. The number of aromatic nitrogens is 2. The van der Waals surface area contributed by atoms with Crippen molar-refractivity contribution < 1.29 is 23.0 Å². The van der Waals surface area contributed by atoms with Gasteiger partial charge in [0.25, 0.3) is 0 Å². The number of methoxy groups -OCH3 is 1. The zero-order chi connectivity index (χ0) is 21.6. The van der Waals surface area contributed by atoms with Gasteiger partial charge in [-0.2, -0.15) is 4.98 Å². The number of hydrogen-bond donors (Lipinski definition) is 2. The fraction of sp³-hybridized carbons (Fsp3) is 0.450. The highest BCUT2D eigenvalue weighted by molar-refractivity contribution is 6.03. The summed E-state index contributed by atoms with van der Waals surface area (Å²) >= 11 is 0. The van der Waals surface area contributed by atoms with Gasteiger partial charge in [-0.3, -0.25) is 4.79 Å². The van der Waals surface area contributed by atoms with Crippen LogP contribution in [0.1, 0.15) is 25.5 Å². The number of amides is 1. The van der Waals surface area contributed by atoms with Crippen LogP contribution in [0.15, 0.2) is 12.1 Å². The molecule has 1 aliphatic heterocycles. The molecule has 2 aromatic rings. The van der Waals surface area contributed by atoms with Gasteiger partial charge in [-0.05, 0) is 13.8 Å². The Bertz CT molecular complexity index is 974. The Balaban J connectivity index is 1.39. The third kappa shape index (κ3) is 3.57. The van der Waals surface area contributed by atoms with E-state index >= 15 is 0 Å². The van der Waals surface area contributed by atoms with Crippen LogP contribution < -0.4 is 25.0 Å². The maximum absolute atomic E-state index is 13.8. The first kappa shape index (κ1) is 20.1. The number of anilines is 3. The minimum Gasteiger partial charge on any atom is -0.491 e. The second kappa shape index (κ2) is 7.58. The first-order valence-corrected chi connectivity index (χ1v) is 9.65. The first-order chi connectivity index (χ1) is 14.3. The zero-order valence-electron chi connectivity index (χ0n) is 17.1. The Kier molecular flexibility index (Phi) is 5.08. The summed E-state index contributed by atoms with van der Waals surface area (Å²) in [6, 6.07) is 1.97. The minimum atomic E-state index is -0.801. The topological polar surface area (TPSA) is 88.6 Å². The highest BCUT2D eigenvalue weighted by Crippen LogP contribution is 2.34. The molecule has 1 aromatic heterocycles. The quantitative estimate of drug-likeness (QED) is 0.770. The summed E-state index contributed by atoms with van der Waals surface area (Å²) in [6.07, 6.45) is 1.10. The van der Waals surface area contributed by atoms with E-state index in [1.807, 2.05) is 25.8 Å². The molecule has 2 heterocycles. The molecule has 0 saturated heterocycles. The molecule has 30 heavy (non-hydrogen) atoms. The Labute approximate surface area is 172 Å². The highest BCUT2D eigenvalue weighted by atomic mass is 19.1. The number of ether oxygens (including phenoxy) is 2. The van der Waals surface area contributed by atoms with Gasteiger partial charge in [0.2, 0.25) is 11.9 Å². The summed E-state index contributed by atoms with van der Waals surface area (Å²) in [5.41, 5.74) is 1.29. The second-order valence-corrected chi connectivity index (χ2v) is 7.58. The molecule has 1 aliphatic carbocycles. The number of aryl methyl sites for hydroxylation is 1. The number of nitrogens with zero attached hydrogens (tertiary/aromatic N) is 3. The van der Waals surface area contributed by atoms with Gasteiger partial charge in [-0.1, -0.05) is 0 Å². The van der Waals surface area contributed by atoms with Crippen molar-refractivity contribution in [2.24, 2.45) is 0 Å². The van der Waals surface area contributed by atoms with Crippen molar-refractivity contribution in [3.63, 3.8) is 0 Å². The van der Waals surface area contributed by atoms with E-state index in [0.717, 1.165) is 12.1 Å². The molecule has 2 N–H and O–H groups in total. The zero-order valence-corrected chi connectivity index (χ0v) is 17.1. The van der Waals surface area contributed by atoms with E-state index < -0.39 is 17.4 Å². The Morgan fingerprint density at radius 3 is 2.53 bits per heavy atom. The Hall–Kier alpha value is -3.17. The average Bonchev–Trinajstić information content (AvgIpc) is 2.65. The fourth-order valence-electron chi connectivity index (χ4n) is 3.57. The lowest BCUT2D eigenvalue weighted by atomic mass is 9.89. The lowest BCUT2D eigenvalue weighted by molar-refractivity contribution is -0.117. The number of rotatable bonds is 5. The smallest absolute Gasteiger partial charge is 0.246 e. The van der Waals surface area contributed by atoms with Gasteiger partial charge in [0.1, 0.15) is 23.6 Å². The number of hydrogen-bond acceptors (Lipinski definition) is 7. The lowest BCUT2D eigenvalue weighted by Gasteiger charge is -2.37. The van der Waals surface area contributed by atoms with E-state index in [1.165, 1.54) is 7.11 Å². The maximum atomic E-state index is 13.8. The van der Waals surface area contributed by atoms with E-state index in [-0.39, 0.29) is 29.8 Å². The summed E-state index contributed by atoms with van der Waals surface area (Å²) in [6.45, 7) is 3.62. The van der Waals surface area contributed by atoms with Gasteiger partial charge in [0.15, 0.2) is 23.2 Å². The molecule has 1 amide bonds. The van der Waals surface area contributed by atoms with Crippen molar-refractivity contribution in [3.8, 4) is 11.5 Å². The number of likely N-dealkylation sites (N-methyl/N-ethyl adjacent to an activating group) is 1. The molecule has 1 aromatic carbocycles. The SMILES string of the molecule is COc1c(F)cc(O[C@H]2C[C@H](Nc3nc(C)c4c(n3)N(C)[C@@H](C)C(=O)N4)C2)cc1F. The lowest BCUT2D eigenvalue weighted by Crippen LogP contribution is -2.45. The molecule has 1 atom stereocenters. The summed E-state index contributed by atoms with van der Waals surface area (Å²) < 4.78 is 37.9. The van der Waals surface area contributed by atoms with E-state index in [9.17, 15) is 13.6 Å². The van der Waals surface area contributed by atoms with Crippen molar-refractivity contribution in [3.05, 3.63) is 29.5 Å². The molecule has 0 unspecified atom stereocenters. The predicted octanol–water partition coefficient (Wildman–Crippen LogP) is 2.87. The third-order valence-electron chi connectivity index (χ3n) is 5.52. The third-order valence-corrected chi connectivity index (χ3v) is 5.52. The minimum absolute atomic E-state index is 0.0707. The molecule has 160 valence electrons. The molecule has 0 spiro atoms. The normalized spacial score (nSPS) is 22.7. The van der Waals surface area contributed by atoms with Crippen molar-refractivity contribution in [1.29, 1.82) is 0 Å². The predicted molar refractivity (Wildman–Crippen MR) is 107 cm³/mol. The molecule has 1 saturated carbocycles. The molecule has 8 nitrogen and oxygen atoms in total. The number of benzene rings is 1. The first-order valence-electron chi connectivity index (χ1n) is 9.65. The van der Waals surface area contributed by atoms with Gasteiger partial charge >= 0.3 is 0 Å². The summed E-state index contributed by atoms with van der Waals surface area (Å²) in [5.74, 6) is -0.871. The van der Waals surface area contributed by atoms with Gasteiger partial charge in [-0.15, -0.1) is 0 Å². The number of carbonyl (C=O) groups is 1. The maximum Gasteiger partial charge on any atom is 0.246 e. The molecular weight excluding hydrogens is 396 g/mol. The molecule has 2 aliphatic rings. The number of carbonyl (C=O) groups excluding carboxylic acids is 1. The highest BCUT2D eigenvalue weighted by Gasteiger charge is 2.34. The van der Waals surface area contributed by atoms with Crippen LogP contribution in [0, 0.1) is 18.6 Å². The van der Waals surface area contributed by atoms with E-state index in [1.54, 1.807) is 0 Å². The second-order valence-electron chi connectivity index (χ2n) is 7.58. The number of halogens is 2. The largest absolute Gasteiger partial charge is 0.491 e. The van der Waals surface area contributed by atoms with Crippen molar-refractivity contribution >= 4 is 23.4 Å². The van der Waals surface area contributed by atoms with E-state index in [4.69, 9.17) is 4.74 Å². The van der Waals surface area contributed by atoms with Crippen molar-refractivity contribution in [2.45, 2.75) is 44.9 Å². The summed E-state index contributed by atoms with van der Waals surface area (Å²) in [4.78, 5) is 22.8. The van der Waals surface area contributed by atoms with Gasteiger partial charge in [0.05, 0.1) is 12.8 Å². The van der Waals surface area contributed by atoms with Crippen LogP contribution in [0.3, 0.4) is 0 Å². The number of nitrogens with one attached hydrogen (secondary N) is 2. The Morgan fingerprint density at radius 1 is 1.23 bits per heavy atom. The van der Waals surface area contributed by atoms with Crippen LogP contribution in [0.5, 0.6) is 11.5 Å². The van der Waals surface area contributed by atoms with Gasteiger partial charge in [-0.25, -0.2) is 13.8 Å². The molecule has 10 heteroatoms. The van der Waals surface area contributed by atoms with Crippen LogP contribution in [0.4, 0.5) is 26.2 Å². The molecule has 1 fully saturated rings. The standard InChI is InChI=1S/C20H23F2N5O3/c1-9-16-18(27(3)10(2)19(28)25-16)26-20(23-9)24-11-5-12(6-11)30-13-7-14(21)17(29-4)15(22)8-13/h7-8,10-12H,5-6H2,1-4H3,(H,25,28)(H,23,24,26)/t10-,11-,12-/m0/s1. The van der Waals surface area contributed by atoms with Crippen molar-refractivity contribution in [1.82, 2.24) is 9.97 Å². The molecule has 0 radical (unpaired) electrons. The van der Waals surface area contributed by atoms with Gasteiger partial charge in [0, 0.05) is 38.1 Å². The van der Waals surface area contributed by atoms with Crippen LogP contribution in [-0.2, 0) is 4.79 Å². The van der Waals surface area contributed by atoms with E-state index in [0.29, 0.717) is 36.0 Å².